The van der Waals surface area contributed by atoms with Gasteiger partial charge in [-0.15, -0.1) is 0 Å². The fourth-order valence-electron chi connectivity index (χ4n) is 3.08. The lowest BCUT2D eigenvalue weighted by molar-refractivity contribution is 0.0993. The fourth-order valence-corrected chi connectivity index (χ4v) is 3.29. The molecular weight excluding hydrogens is 388 g/mol. The number of rotatable bonds is 4. The Morgan fingerprint density at radius 1 is 1.41 bits per heavy atom. The zero-order valence-corrected chi connectivity index (χ0v) is 16.5. The van der Waals surface area contributed by atoms with E-state index in [4.69, 9.17) is 38.7 Å². The monoisotopic (exact) mass is 406 g/mol. The Morgan fingerprint density at radius 2 is 2.19 bits per heavy atom. The van der Waals surface area contributed by atoms with E-state index in [9.17, 15) is 4.79 Å². The molecule has 0 fully saturated rings. The largest absolute Gasteiger partial charge is 0.495 e. The van der Waals surface area contributed by atoms with E-state index in [1.807, 2.05) is 6.92 Å². The van der Waals surface area contributed by atoms with E-state index in [1.54, 1.807) is 18.2 Å². The van der Waals surface area contributed by atoms with Gasteiger partial charge in [0.2, 0.25) is 0 Å². The lowest BCUT2D eigenvalue weighted by Crippen LogP contribution is -2.26. The minimum atomic E-state index is -0.385. The summed E-state index contributed by atoms with van der Waals surface area (Å²) in [6.45, 7) is 1.83. The van der Waals surface area contributed by atoms with E-state index in [0.29, 0.717) is 22.0 Å². The van der Waals surface area contributed by atoms with Crippen LogP contribution in [0, 0.1) is 6.92 Å². The minimum Gasteiger partial charge on any atom is -0.495 e. The van der Waals surface area contributed by atoms with Crippen molar-refractivity contribution >= 4 is 46.2 Å². The van der Waals surface area contributed by atoms with Crippen LogP contribution in [0.4, 0.5) is 5.69 Å². The zero-order chi connectivity index (χ0) is 19.6. The van der Waals surface area contributed by atoms with Gasteiger partial charge in [-0.2, -0.15) is 5.10 Å². The first kappa shape index (κ1) is 19.2. The molecule has 0 atom stereocenters. The summed E-state index contributed by atoms with van der Waals surface area (Å²) < 4.78 is 11.1. The van der Waals surface area contributed by atoms with Crippen molar-refractivity contribution in [1.29, 1.82) is 0 Å². The number of hydrogen-bond acceptors (Lipinski definition) is 5. The second-order valence-electron chi connectivity index (χ2n) is 6.04. The molecule has 0 spiro atoms. The number of hydrazone groups is 1. The maximum Gasteiger partial charge on any atom is 0.291 e. The number of nitrogens with two attached hydrogens (primary N) is 1. The van der Waals surface area contributed by atoms with Gasteiger partial charge in [-0.1, -0.05) is 11.6 Å². The van der Waals surface area contributed by atoms with Crippen LogP contribution in [-0.4, -0.2) is 23.8 Å². The van der Waals surface area contributed by atoms with Gasteiger partial charge in [-0.3, -0.25) is 10.2 Å². The number of thiocarbonyl (C=S) groups is 1. The highest BCUT2D eigenvalue weighted by Crippen LogP contribution is 2.32. The molecule has 0 saturated carbocycles. The Morgan fingerprint density at radius 3 is 2.89 bits per heavy atom. The van der Waals surface area contributed by atoms with Crippen molar-refractivity contribution < 1.29 is 13.9 Å². The number of anilines is 1. The molecule has 1 aromatic carbocycles. The number of carbonyl (C=O) groups excluding carboxylic acids is 1. The normalized spacial score (nSPS) is 14.6. The molecule has 142 valence electrons. The van der Waals surface area contributed by atoms with E-state index in [1.165, 1.54) is 7.11 Å². The molecule has 0 bridgehead atoms. The molecular formula is C18H19ClN4O3S. The van der Waals surface area contributed by atoms with Gasteiger partial charge in [-0.05, 0) is 50.2 Å². The maximum absolute atomic E-state index is 12.8. The number of nitrogens with zero attached hydrogens (tertiary/aromatic N) is 1. The second-order valence-corrected chi connectivity index (χ2v) is 6.92. The predicted molar refractivity (Wildman–Crippen MR) is 109 cm³/mol. The third kappa shape index (κ3) is 4.06. The number of benzene rings is 1. The van der Waals surface area contributed by atoms with Crippen LogP contribution in [0.5, 0.6) is 5.75 Å². The van der Waals surface area contributed by atoms with Crippen molar-refractivity contribution in [3.05, 3.63) is 45.9 Å². The Bertz CT molecular complexity index is 939. The Labute approximate surface area is 166 Å². The maximum atomic E-state index is 12.8. The van der Waals surface area contributed by atoms with Crippen molar-refractivity contribution in [3.8, 4) is 5.75 Å². The Kier molecular flexibility index (Phi) is 5.67. The molecule has 3 rings (SSSR count). The quantitative estimate of drug-likeness (QED) is 0.531. The van der Waals surface area contributed by atoms with Crippen LogP contribution in [0.1, 0.15) is 40.3 Å². The van der Waals surface area contributed by atoms with Crippen molar-refractivity contribution in [2.24, 2.45) is 10.8 Å². The summed E-state index contributed by atoms with van der Waals surface area (Å²) in [6.07, 6.45) is 2.34. The first-order chi connectivity index (χ1) is 12.9. The van der Waals surface area contributed by atoms with Crippen LogP contribution in [0.3, 0.4) is 0 Å². The van der Waals surface area contributed by atoms with E-state index in [0.717, 1.165) is 36.3 Å². The van der Waals surface area contributed by atoms with E-state index in [2.05, 4.69) is 15.8 Å². The number of halogens is 1. The molecule has 0 saturated heterocycles. The molecule has 7 nitrogen and oxygen atoms in total. The summed E-state index contributed by atoms with van der Waals surface area (Å²) in [5.74, 6) is 1.08. The van der Waals surface area contributed by atoms with Crippen LogP contribution in [0.25, 0.3) is 0 Å². The van der Waals surface area contributed by atoms with Gasteiger partial charge in [0.1, 0.15) is 11.5 Å². The van der Waals surface area contributed by atoms with Gasteiger partial charge in [0.05, 0.1) is 18.5 Å². The van der Waals surface area contributed by atoms with Crippen LogP contribution in [-0.2, 0) is 6.42 Å². The molecule has 1 aliphatic rings. The highest BCUT2D eigenvalue weighted by molar-refractivity contribution is 7.80. The molecule has 1 amide bonds. The van der Waals surface area contributed by atoms with Crippen LogP contribution < -0.4 is 21.2 Å². The summed E-state index contributed by atoms with van der Waals surface area (Å²) in [5.41, 5.74) is 10.8. The molecule has 1 aliphatic carbocycles. The van der Waals surface area contributed by atoms with Gasteiger partial charge in [0, 0.05) is 22.6 Å². The summed E-state index contributed by atoms with van der Waals surface area (Å²) in [7, 11) is 1.52. The Hall–Kier alpha value is -2.58. The number of fused-ring (bicyclic) bond motifs is 1. The van der Waals surface area contributed by atoms with Crippen molar-refractivity contribution in [2.75, 3.05) is 12.4 Å². The van der Waals surface area contributed by atoms with Crippen LogP contribution >= 0.6 is 23.8 Å². The zero-order valence-electron chi connectivity index (χ0n) is 14.9. The number of nitrogens with one attached hydrogen (secondary N) is 2. The highest BCUT2D eigenvalue weighted by atomic mass is 35.5. The van der Waals surface area contributed by atoms with Crippen molar-refractivity contribution in [3.63, 3.8) is 0 Å². The van der Waals surface area contributed by atoms with E-state index >= 15 is 0 Å². The third-order valence-corrected chi connectivity index (χ3v) is 4.57. The number of ether oxygens (including phenoxy) is 1. The molecule has 2 aromatic rings. The standard InChI is InChI=1S/C18H19ClN4O3S/c1-9-15-11(22-23-18(20)27)4-3-5-14(15)26-16(9)17(24)21-12-8-10(19)6-7-13(12)25-2/h6-8H,3-5H2,1-2H3,(H,21,24)(H3,20,23,27)/b22-11+. The van der Waals surface area contributed by atoms with E-state index < -0.39 is 0 Å². The number of furan rings is 1. The number of aryl methyl sites for hydroxylation is 1. The summed E-state index contributed by atoms with van der Waals surface area (Å²) in [5, 5.41) is 7.62. The molecule has 0 unspecified atom stereocenters. The van der Waals surface area contributed by atoms with Gasteiger partial charge in [-0.25, -0.2) is 0 Å². The third-order valence-electron chi connectivity index (χ3n) is 4.24. The number of hydrogen-bond donors (Lipinski definition) is 3. The van der Waals surface area contributed by atoms with Crippen molar-refractivity contribution in [1.82, 2.24) is 5.43 Å². The van der Waals surface area contributed by atoms with Gasteiger partial charge >= 0.3 is 0 Å². The molecule has 0 aliphatic heterocycles. The molecule has 27 heavy (non-hydrogen) atoms. The summed E-state index contributed by atoms with van der Waals surface area (Å²) in [4.78, 5) is 12.8. The second kappa shape index (κ2) is 7.98. The topological polar surface area (TPSA) is 102 Å². The molecule has 1 heterocycles. The summed E-state index contributed by atoms with van der Waals surface area (Å²) >= 11 is 10.8. The number of carbonyl (C=O) groups is 1. The number of methoxy groups -OCH3 is 1. The average molecular weight is 407 g/mol. The van der Waals surface area contributed by atoms with Gasteiger partial charge < -0.3 is 20.2 Å². The minimum absolute atomic E-state index is 0.0850. The molecule has 9 heteroatoms. The fraction of sp³-hybridized carbons (Fsp3) is 0.278. The predicted octanol–water partition coefficient (Wildman–Crippen LogP) is 3.38. The lowest BCUT2D eigenvalue weighted by atomic mass is 9.93. The Balaban J connectivity index is 1.93. The first-order valence-corrected chi connectivity index (χ1v) is 9.09. The van der Waals surface area contributed by atoms with Gasteiger partial charge in [0.25, 0.3) is 5.91 Å². The highest BCUT2D eigenvalue weighted by Gasteiger charge is 2.28. The molecule has 0 radical (unpaired) electrons. The van der Waals surface area contributed by atoms with E-state index in [-0.39, 0.29) is 16.8 Å². The average Bonchev–Trinajstić information content (AvgIpc) is 2.98. The smallest absolute Gasteiger partial charge is 0.291 e. The van der Waals surface area contributed by atoms with Crippen LogP contribution in [0.15, 0.2) is 27.7 Å². The summed E-state index contributed by atoms with van der Waals surface area (Å²) in [6, 6.07) is 4.99. The van der Waals surface area contributed by atoms with Gasteiger partial charge in [0.15, 0.2) is 10.9 Å². The van der Waals surface area contributed by atoms with Crippen molar-refractivity contribution in [2.45, 2.75) is 26.2 Å². The SMILES string of the molecule is COc1ccc(Cl)cc1NC(=O)c1oc2c(c1C)/C(=N/NC(N)=S)CCC2. The van der Waals surface area contributed by atoms with Crippen LogP contribution in [0.2, 0.25) is 5.02 Å². The molecule has 1 aromatic heterocycles. The molecule has 4 N–H and O–H groups in total. The number of amides is 1. The lowest BCUT2D eigenvalue weighted by Gasteiger charge is -2.13. The first-order valence-electron chi connectivity index (χ1n) is 8.30.